The van der Waals surface area contributed by atoms with Gasteiger partial charge in [0.2, 0.25) is 5.91 Å². The molecule has 0 spiro atoms. The number of aliphatic hydroxyl groups is 5. The van der Waals surface area contributed by atoms with Crippen LogP contribution in [-0.2, 0) is 14.3 Å². The van der Waals surface area contributed by atoms with E-state index in [1.54, 1.807) is 6.08 Å². The van der Waals surface area contributed by atoms with Gasteiger partial charge in [0.1, 0.15) is 24.4 Å². The van der Waals surface area contributed by atoms with Gasteiger partial charge in [0.15, 0.2) is 6.29 Å². The van der Waals surface area contributed by atoms with Crippen LogP contribution in [-0.4, -0.2) is 87.5 Å². The number of amides is 1. The molecule has 1 aliphatic rings. The van der Waals surface area contributed by atoms with Crippen molar-refractivity contribution in [2.45, 2.75) is 211 Å². The van der Waals surface area contributed by atoms with Crippen molar-refractivity contribution in [2.24, 2.45) is 0 Å². The highest BCUT2D eigenvalue weighted by atomic mass is 16.7. The quantitative estimate of drug-likeness (QED) is 0.0277. The predicted octanol–water partition coefficient (Wildman–Crippen LogP) is 8.83. The number of carbonyl (C=O) groups is 1. The Bertz CT molecular complexity index is 1040. The second kappa shape index (κ2) is 36.2. The van der Waals surface area contributed by atoms with Crippen LogP contribution < -0.4 is 5.32 Å². The monoisotopic (exact) mass is 776 g/mol. The van der Waals surface area contributed by atoms with E-state index in [9.17, 15) is 30.3 Å². The Morgan fingerprint density at radius 3 is 1.75 bits per heavy atom. The van der Waals surface area contributed by atoms with Gasteiger partial charge in [-0.15, -0.1) is 0 Å². The molecule has 0 saturated carbocycles. The summed E-state index contributed by atoms with van der Waals surface area (Å²) < 4.78 is 11.2. The Labute approximate surface area is 335 Å². The number of carbonyl (C=O) groups excluding carboxylic acids is 1. The largest absolute Gasteiger partial charge is 0.394 e. The van der Waals surface area contributed by atoms with E-state index in [1.165, 1.54) is 70.6 Å². The fraction of sp³-hybridized carbons (Fsp3) is 0.761. The van der Waals surface area contributed by atoms with E-state index < -0.39 is 49.5 Å². The number of hydrogen-bond acceptors (Lipinski definition) is 8. The highest BCUT2D eigenvalue weighted by Gasteiger charge is 2.44. The first-order valence-electron chi connectivity index (χ1n) is 22.0. The number of unbranched alkanes of at least 4 members (excludes halogenated alkanes) is 17. The van der Waals surface area contributed by atoms with Gasteiger partial charge in [0.05, 0.1) is 25.4 Å². The predicted molar refractivity (Wildman–Crippen MR) is 226 cm³/mol. The SMILES string of the molecule is CC/C=C\C/C=C\C/C=C\CCCCCCCC(=O)NC(COC1OC(CO)C(O)C(O)C1O)C(O)/C=C/CC/C=C/CCCCCCCCCCCCC. The molecule has 1 aliphatic heterocycles. The normalized spacial score (nSPS) is 21.9. The Hall–Kier alpha value is -2.11. The molecule has 55 heavy (non-hydrogen) atoms. The molecule has 1 saturated heterocycles. The summed E-state index contributed by atoms with van der Waals surface area (Å²) in [5.41, 5.74) is 0. The Balaban J connectivity index is 2.43. The van der Waals surface area contributed by atoms with Crippen LogP contribution in [0.25, 0.3) is 0 Å². The number of allylic oxidation sites excluding steroid dienone is 9. The summed E-state index contributed by atoms with van der Waals surface area (Å²) in [5, 5.41) is 54.1. The van der Waals surface area contributed by atoms with Crippen LogP contribution in [0.3, 0.4) is 0 Å². The van der Waals surface area contributed by atoms with Crippen LogP contribution in [0.15, 0.2) is 60.8 Å². The molecule has 6 N–H and O–H groups in total. The first-order chi connectivity index (χ1) is 26.8. The number of hydrogen-bond donors (Lipinski definition) is 6. The lowest BCUT2D eigenvalue weighted by atomic mass is 9.99. The standard InChI is InChI=1S/C46H81NO8/c1-3-5-7-9-11-13-15-17-19-20-22-23-25-27-29-31-33-35-40(49)39(38-54-46-45(53)44(52)43(51)41(37-48)55-46)47-42(50)36-34-32-30-28-26-24-21-18-16-14-12-10-8-6-4-2/h6,8,12,14,18,21,25,27,33,35,39-41,43-46,48-49,51-53H,3-5,7,9-11,13,15-17,19-20,22-24,26,28-32,34,36-38H2,1-2H3,(H,47,50)/b8-6-,14-12-,21-18-,27-25+,35-33+. The molecule has 9 nitrogen and oxygen atoms in total. The number of aliphatic hydroxyl groups excluding tert-OH is 5. The van der Waals surface area contributed by atoms with E-state index in [0.717, 1.165) is 77.0 Å². The first-order valence-corrected chi connectivity index (χ1v) is 22.0. The van der Waals surface area contributed by atoms with E-state index in [0.29, 0.717) is 6.42 Å². The Morgan fingerprint density at radius 1 is 0.636 bits per heavy atom. The average molecular weight is 776 g/mol. The van der Waals surface area contributed by atoms with Crippen molar-refractivity contribution < 1.29 is 39.8 Å². The van der Waals surface area contributed by atoms with Crippen LogP contribution in [0.2, 0.25) is 0 Å². The summed E-state index contributed by atoms with van der Waals surface area (Å²) >= 11 is 0. The molecule has 0 radical (unpaired) electrons. The number of rotatable bonds is 35. The maximum absolute atomic E-state index is 12.9. The van der Waals surface area contributed by atoms with E-state index in [-0.39, 0.29) is 12.5 Å². The van der Waals surface area contributed by atoms with Gasteiger partial charge in [-0.2, -0.15) is 0 Å². The van der Waals surface area contributed by atoms with Gasteiger partial charge in [-0.25, -0.2) is 0 Å². The smallest absolute Gasteiger partial charge is 0.220 e. The maximum atomic E-state index is 12.9. The molecule has 0 aromatic rings. The summed E-state index contributed by atoms with van der Waals surface area (Å²) in [6.07, 6.45) is 39.8. The zero-order valence-electron chi connectivity index (χ0n) is 34.7. The van der Waals surface area contributed by atoms with Gasteiger partial charge in [-0.05, 0) is 64.2 Å². The van der Waals surface area contributed by atoms with Gasteiger partial charge in [0.25, 0.3) is 0 Å². The van der Waals surface area contributed by atoms with E-state index >= 15 is 0 Å². The van der Waals surface area contributed by atoms with Crippen LogP contribution in [0.4, 0.5) is 0 Å². The fourth-order valence-corrected chi connectivity index (χ4v) is 6.54. The molecule has 0 aromatic heterocycles. The number of ether oxygens (including phenoxy) is 2. The van der Waals surface area contributed by atoms with Crippen molar-refractivity contribution in [3.8, 4) is 0 Å². The lowest BCUT2D eigenvalue weighted by Gasteiger charge is -2.40. The topological polar surface area (TPSA) is 149 Å². The van der Waals surface area contributed by atoms with Gasteiger partial charge >= 0.3 is 0 Å². The van der Waals surface area contributed by atoms with Gasteiger partial charge in [-0.1, -0.05) is 158 Å². The summed E-state index contributed by atoms with van der Waals surface area (Å²) in [5.74, 6) is -0.207. The van der Waals surface area contributed by atoms with Crippen LogP contribution in [0, 0.1) is 0 Å². The van der Waals surface area contributed by atoms with E-state index in [2.05, 4.69) is 67.8 Å². The van der Waals surface area contributed by atoms with Crippen molar-refractivity contribution in [3.05, 3.63) is 60.8 Å². The van der Waals surface area contributed by atoms with Crippen molar-refractivity contribution in [2.75, 3.05) is 13.2 Å². The zero-order valence-corrected chi connectivity index (χ0v) is 34.7. The molecule has 1 amide bonds. The second-order valence-electron chi connectivity index (χ2n) is 15.1. The summed E-state index contributed by atoms with van der Waals surface area (Å²) in [4.78, 5) is 12.9. The van der Waals surface area contributed by atoms with Gasteiger partial charge in [-0.3, -0.25) is 4.79 Å². The van der Waals surface area contributed by atoms with Crippen LogP contribution in [0.1, 0.15) is 168 Å². The first kappa shape index (κ1) is 50.9. The minimum Gasteiger partial charge on any atom is -0.394 e. The number of nitrogens with one attached hydrogen (secondary N) is 1. The highest BCUT2D eigenvalue weighted by molar-refractivity contribution is 5.76. The molecule has 1 heterocycles. The van der Waals surface area contributed by atoms with Crippen molar-refractivity contribution >= 4 is 5.91 Å². The Kier molecular flexibility index (Phi) is 33.5. The lowest BCUT2D eigenvalue weighted by Crippen LogP contribution is -2.60. The third kappa shape index (κ3) is 27.2. The van der Waals surface area contributed by atoms with E-state index in [1.807, 2.05) is 6.08 Å². The summed E-state index contributed by atoms with van der Waals surface area (Å²) in [6.45, 7) is 3.61. The minimum atomic E-state index is -1.58. The molecule has 0 bridgehead atoms. The van der Waals surface area contributed by atoms with Crippen LogP contribution >= 0.6 is 0 Å². The van der Waals surface area contributed by atoms with Gasteiger partial charge in [0, 0.05) is 6.42 Å². The molecule has 318 valence electrons. The molecule has 7 unspecified atom stereocenters. The third-order valence-corrected chi connectivity index (χ3v) is 10.1. The van der Waals surface area contributed by atoms with Crippen LogP contribution in [0.5, 0.6) is 0 Å². The summed E-state index contributed by atoms with van der Waals surface area (Å²) in [6, 6.07) is -0.831. The van der Waals surface area contributed by atoms with Crippen molar-refractivity contribution in [3.63, 3.8) is 0 Å². The van der Waals surface area contributed by atoms with E-state index in [4.69, 9.17) is 9.47 Å². The molecular formula is C46H81NO8. The molecule has 0 aliphatic carbocycles. The zero-order chi connectivity index (χ0) is 40.2. The molecular weight excluding hydrogens is 695 g/mol. The maximum Gasteiger partial charge on any atom is 0.220 e. The summed E-state index contributed by atoms with van der Waals surface area (Å²) in [7, 11) is 0. The Morgan fingerprint density at radius 2 is 1.15 bits per heavy atom. The average Bonchev–Trinajstić information content (AvgIpc) is 3.18. The highest BCUT2D eigenvalue weighted by Crippen LogP contribution is 2.22. The van der Waals surface area contributed by atoms with Gasteiger partial charge < -0.3 is 40.3 Å². The molecule has 1 fully saturated rings. The third-order valence-electron chi connectivity index (χ3n) is 10.1. The molecule has 7 atom stereocenters. The van der Waals surface area contributed by atoms with Crippen molar-refractivity contribution in [1.29, 1.82) is 0 Å². The second-order valence-corrected chi connectivity index (χ2v) is 15.1. The minimum absolute atomic E-state index is 0.207. The fourth-order valence-electron chi connectivity index (χ4n) is 6.54. The molecule has 9 heteroatoms. The molecule has 1 rings (SSSR count). The lowest BCUT2D eigenvalue weighted by molar-refractivity contribution is -0.302. The molecule has 0 aromatic carbocycles. The van der Waals surface area contributed by atoms with Crippen molar-refractivity contribution in [1.82, 2.24) is 5.32 Å².